The molecule has 2 N–H and O–H groups in total. The molecule has 0 unspecified atom stereocenters. The molecular weight excluding hydrogens is 283 g/mol. The molecule has 5 heteroatoms. The van der Waals surface area contributed by atoms with Crippen LogP contribution in [0.15, 0.2) is 12.1 Å². The molecule has 0 spiro atoms. The summed E-state index contributed by atoms with van der Waals surface area (Å²) in [5, 5.41) is 14.6. The maximum absolute atomic E-state index is 10.3. The summed E-state index contributed by atoms with van der Waals surface area (Å²) in [7, 11) is 0. The number of nitrogens with zero attached hydrogens (tertiary/aromatic N) is 1. The second-order valence-electron chi connectivity index (χ2n) is 5.39. The SMILES string of the molecule is Oc1c(Cl)cc(Cl)cc1[C@H](C1CC1)N1CCNCC1. The number of hydrogen-bond donors (Lipinski definition) is 2. The number of hydrogen-bond acceptors (Lipinski definition) is 3. The average molecular weight is 301 g/mol. The fraction of sp³-hybridized carbons (Fsp3) is 0.571. The molecule has 1 aromatic carbocycles. The summed E-state index contributed by atoms with van der Waals surface area (Å²) in [6, 6.07) is 3.72. The maximum Gasteiger partial charge on any atom is 0.139 e. The lowest BCUT2D eigenvalue weighted by atomic mass is 9.98. The minimum Gasteiger partial charge on any atom is -0.506 e. The van der Waals surface area contributed by atoms with Gasteiger partial charge in [0.05, 0.1) is 5.02 Å². The molecule has 2 aliphatic rings. The minimum atomic E-state index is 0.196. The molecule has 1 saturated carbocycles. The largest absolute Gasteiger partial charge is 0.506 e. The maximum atomic E-state index is 10.3. The van der Waals surface area contributed by atoms with Crippen LogP contribution in [-0.2, 0) is 0 Å². The van der Waals surface area contributed by atoms with Crippen LogP contribution in [0.4, 0.5) is 0 Å². The Labute approximate surface area is 123 Å². The van der Waals surface area contributed by atoms with Gasteiger partial charge in [-0.3, -0.25) is 4.90 Å². The lowest BCUT2D eigenvalue weighted by Crippen LogP contribution is -2.45. The van der Waals surface area contributed by atoms with Crippen LogP contribution in [-0.4, -0.2) is 36.2 Å². The van der Waals surface area contributed by atoms with Gasteiger partial charge in [-0.05, 0) is 30.9 Å². The molecule has 0 aromatic heterocycles. The van der Waals surface area contributed by atoms with Crippen LogP contribution in [0.25, 0.3) is 0 Å². The van der Waals surface area contributed by atoms with Crippen molar-refractivity contribution in [1.29, 1.82) is 0 Å². The van der Waals surface area contributed by atoms with Gasteiger partial charge >= 0.3 is 0 Å². The van der Waals surface area contributed by atoms with Gasteiger partial charge in [-0.1, -0.05) is 23.2 Å². The fourth-order valence-electron chi connectivity index (χ4n) is 2.93. The summed E-state index contributed by atoms with van der Waals surface area (Å²) in [6.45, 7) is 4.01. The Morgan fingerprint density at radius 2 is 1.89 bits per heavy atom. The van der Waals surface area contributed by atoms with Crippen molar-refractivity contribution in [2.45, 2.75) is 18.9 Å². The van der Waals surface area contributed by atoms with Crippen molar-refractivity contribution in [3.63, 3.8) is 0 Å². The van der Waals surface area contributed by atoms with Gasteiger partial charge in [0.25, 0.3) is 0 Å². The summed E-state index contributed by atoms with van der Waals surface area (Å²) in [4.78, 5) is 2.44. The molecule has 1 aliphatic heterocycles. The van der Waals surface area contributed by atoms with E-state index >= 15 is 0 Å². The molecule has 104 valence electrons. The number of aromatic hydroxyl groups is 1. The molecule has 3 rings (SSSR count). The van der Waals surface area contributed by atoms with E-state index in [1.807, 2.05) is 6.07 Å². The van der Waals surface area contributed by atoms with E-state index in [-0.39, 0.29) is 11.8 Å². The van der Waals surface area contributed by atoms with Crippen molar-refractivity contribution >= 4 is 23.2 Å². The van der Waals surface area contributed by atoms with E-state index in [1.54, 1.807) is 6.07 Å². The van der Waals surface area contributed by atoms with Crippen LogP contribution in [0, 0.1) is 5.92 Å². The molecule has 2 fully saturated rings. The zero-order valence-corrected chi connectivity index (χ0v) is 12.2. The van der Waals surface area contributed by atoms with Crippen LogP contribution >= 0.6 is 23.2 Å². The van der Waals surface area contributed by atoms with E-state index in [2.05, 4.69) is 10.2 Å². The summed E-state index contributed by atoms with van der Waals surface area (Å²) >= 11 is 12.2. The molecular formula is C14H18Cl2N2O. The van der Waals surface area contributed by atoms with Gasteiger partial charge in [-0.2, -0.15) is 0 Å². The zero-order valence-electron chi connectivity index (χ0n) is 10.7. The van der Waals surface area contributed by atoms with Gasteiger partial charge < -0.3 is 10.4 Å². The van der Waals surface area contributed by atoms with Gasteiger partial charge in [0.15, 0.2) is 0 Å². The van der Waals surface area contributed by atoms with Crippen LogP contribution in [0.5, 0.6) is 5.75 Å². The quantitative estimate of drug-likeness (QED) is 0.900. The van der Waals surface area contributed by atoms with Crippen LogP contribution in [0.3, 0.4) is 0 Å². The van der Waals surface area contributed by atoms with E-state index in [1.165, 1.54) is 12.8 Å². The number of phenols is 1. The van der Waals surface area contributed by atoms with Crippen molar-refractivity contribution in [3.8, 4) is 5.75 Å². The van der Waals surface area contributed by atoms with Crippen molar-refractivity contribution < 1.29 is 5.11 Å². The van der Waals surface area contributed by atoms with E-state index in [4.69, 9.17) is 23.2 Å². The van der Waals surface area contributed by atoms with Crippen molar-refractivity contribution in [1.82, 2.24) is 10.2 Å². The molecule has 1 saturated heterocycles. The van der Waals surface area contributed by atoms with Crippen LogP contribution < -0.4 is 5.32 Å². The lowest BCUT2D eigenvalue weighted by molar-refractivity contribution is 0.153. The smallest absolute Gasteiger partial charge is 0.139 e. The number of piperazine rings is 1. The predicted molar refractivity (Wildman–Crippen MR) is 78.0 cm³/mol. The molecule has 19 heavy (non-hydrogen) atoms. The van der Waals surface area contributed by atoms with E-state index in [9.17, 15) is 5.11 Å². The second-order valence-corrected chi connectivity index (χ2v) is 6.24. The molecule has 1 aromatic rings. The number of benzene rings is 1. The highest BCUT2D eigenvalue weighted by molar-refractivity contribution is 6.35. The summed E-state index contributed by atoms with van der Waals surface area (Å²) < 4.78 is 0. The van der Waals surface area contributed by atoms with E-state index in [0.29, 0.717) is 16.0 Å². The van der Waals surface area contributed by atoms with E-state index in [0.717, 1.165) is 31.7 Å². The molecule has 1 aliphatic carbocycles. The molecule has 1 atom stereocenters. The molecule has 3 nitrogen and oxygen atoms in total. The molecule has 0 bridgehead atoms. The number of halogens is 2. The minimum absolute atomic E-state index is 0.196. The second kappa shape index (κ2) is 5.49. The Bertz CT molecular complexity index is 471. The summed E-state index contributed by atoms with van der Waals surface area (Å²) in [5.41, 5.74) is 0.891. The standard InChI is InChI=1S/C14H18Cl2N2O/c15-10-7-11(14(19)12(16)8-10)13(9-1-2-9)18-5-3-17-4-6-18/h7-9,13,17,19H,1-6H2/t13-/m0/s1. The van der Waals surface area contributed by atoms with Gasteiger partial charge in [-0.15, -0.1) is 0 Å². The Kier molecular flexibility index (Phi) is 3.90. The first-order valence-corrected chi connectivity index (χ1v) is 7.55. The van der Waals surface area contributed by atoms with Crippen molar-refractivity contribution in [2.24, 2.45) is 5.92 Å². The van der Waals surface area contributed by atoms with E-state index < -0.39 is 0 Å². The first-order chi connectivity index (χ1) is 9.16. The van der Waals surface area contributed by atoms with Crippen molar-refractivity contribution in [2.75, 3.05) is 26.2 Å². The highest BCUT2D eigenvalue weighted by Crippen LogP contribution is 2.48. The Morgan fingerprint density at radius 1 is 1.21 bits per heavy atom. The average Bonchev–Trinajstić information content (AvgIpc) is 3.21. The molecule has 0 radical (unpaired) electrons. The normalized spacial score (nSPS) is 22.4. The van der Waals surface area contributed by atoms with Crippen LogP contribution in [0.2, 0.25) is 10.0 Å². The summed E-state index contributed by atoms with van der Waals surface area (Å²) in [5.74, 6) is 0.819. The van der Waals surface area contributed by atoms with Gasteiger partial charge in [0.1, 0.15) is 5.75 Å². The zero-order chi connectivity index (χ0) is 13.4. The number of rotatable bonds is 3. The Morgan fingerprint density at radius 3 is 2.53 bits per heavy atom. The number of nitrogens with one attached hydrogen (secondary N) is 1. The topological polar surface area (TPSA) is 35.5 Å². The fourth-order valence-corrected chi connectivity index (χ4v) is 3.44. The number of phenolic OH excluding ortho intramolecular Hbond substituents is 1. The molecule has 0 amide bonds. The first kappa shape index (κ1) is 13.5. The highest BCUT2D eigenvalue weighted by atomic mass is 35.5. The Hall–Kier alpha value is -0.480. The first-order valence-electron chi connectivity index (χ1n) is 6.79. The Balaban J connectivity index is 1.95. The van der Waals surface area contributed by atoms with Crippen LogP contribution in [0.1, 0.15) is 24.4 Å². The van der Waals surface area contributed by atoms with Gasteiger partial charge in [0, 0.05) is 42.8 Å². The van der Waals surface area contributed by atoms with Gasteiger partial charge in [-0.25, -0.2) is 0 Å². The third-order valence-electron chi connectivity index (χ3n) is 3.99. The lowest BCUT2D eigenvalue weighted by Gasteiger charge is -2.36. The van der Waals surface area contributed by atoms with Gasteiger partial charge in [0.2, 0.25) is 0 Å². The summed E-state index contributed by atoms with van der Waals surface area (Å²) in [6.07, 6.45) is 2.44. The molecule has 1 heterocycles. The third kappa shape index (κ3) is 2.84. The third-order valence-corrected chi connectivity index (χ3v) is 4.50. The predicted octanol–water partition coefficient (Wildman–Crippen LogP) is 3.06. The van der Waals surface area contributed by atoms with Crippen molar-refractivity contribution in [3.05, 3.63) is 27.7 Å². The highest BCUT2D eigenvalue weighted by Gasteiger charge is 2.38. The monoisotopic (exact) mass is 300 g/mol.